The van der Waals surface area contributed by atoms with E-state index in [1.807, 2.05) is 13.8 Å². The Balaban J connectivity index is 3.80. The number of rotatable bonds is 10. The molecule has 0 saturated carbocycles. The molecule has 2 unspecified atom stereocenters. The molecule has 0 aromatic rings. The molecule has 0 aromatic heterocycles. The maximum absolute atomic E-state index is 11.1. The van der Waals surface area contributed by atoms with E-state index in [-0.39, 0.29) is 11.9 Å². The zero-order valence-electron chi connectivity index (χ0n) is 11.0. The van der Waals surface area contributed by atoms with E-state index in [9.17, 15) is 4.79 Å². The molecule has 0 aliphatic rings. The van der Waals surface area contributed by atoms with Crippen LogP contribution in [0.1, 0.15) is 40.0 Å². The third kappa shape index (κ3) is 6.91. The van der Waals surface area contributed by atoms with Gasteiger partial charge in [0.05, 0.1) is 6.61 Å². The number of aliphatic carboxylic acids is 1. The smallest absolute Gasteiger partial charge is 0.323 e. The lowest BCUT2D eigenvalue weighted by Crippen LogP contribution is -2.49. The van der Waals surface area contributed by atoms with Gasteiger partial charge in [0.25, 0.3) is 0 Å². The number of hydrogen-bond acceptors (Lipinski definition) is 4. The molecule has 17 heavy (non-hydrogen) atoms. The van der Waals surface area contributed by atoms with Crippen LogP contribution in [0.3, 0.4) is 0 Å². The second kappa shape index (κ2) is 8.78. The Morgan fingerprint density at radius 3 is 2.59 bits per heavy atom. The van der Waals surface area contributed by atoms with Crippen molar-refractivity contribution in [3.8, 4) is 0 Å². The number of carboxylic acids is 1. The summed E-state index contributed by atoms with van der Waals surface area (Å²) in [6.45, 7) is 6.51. The molecule has 5 heteroatoms. The minimum absolute atomic E-state index is 0.203. The van der Waals surface area contributed by atoms with E-state index in [0.717, 1.165) is 18.6 Å². The molecule has 0 fully saturated rings. The Morgan fingerprint density at radius 2 is 2.12 bits per heavy atom. The molecule has 0 aliphatic heterocycles. The van der Waals surface area contributed by atoms with Gasteiger partial charge in [-0.1, -0.05) is 20.3 Å². The van der Waals surface area contributed by atoms with E-state index < -0.39 is 11.5 Å². The Kier molecular flexibility index (Phi) is 8.64. The largest absolute Gasteiger partial charge is 0.480 e. The molecular weight excluding hydrogens is 238 g/mol. The molecule has 3 N–H and O–H groups in total. The molecule has 2 atom stereocenters. The molecule has 0 saturated heterocycles. The third-order valence-corrected chi connectivity index (χ3v) is 4.01. The molecule has 102 valence electrons. The van der Waals surface area contributed by atoms with E-state index in [0.29, 0.717) is 13.0 Å². The van der Waals surface area contributed by atoms with Crippen molar-refractivity contribution in [3.05, 3.63) is 0 Å². The van der Waals surface area contributed by atoms with Crippen LogP contribution in [0, 0.1) is 0 Å². The number of likely N-dealkylation sites (N-methyl/N-ethyl adjacent to an activating group) is 1. The summed E-state index contributed by atoms with van der Waals surface area (Å²) in [6.07, 6.45) is 2.52. The van der Waals surface area contributed by atoms with Crippen molar-refractivity contribution in [2.75, 3.05) is 18.9 Å². The lowest BCUT2D eigenvalue weighted by Gasteiger charge is -2.25. The summed E-state index contributed by atoms with van der Waals surface area (Å²) >= 11 is 1.73. The SMILES string of the molecule is CCNC(C)(CCCCSC(C)CO)C(=O)O. The Bertz CT molecular complexity index is 226. The summed E-state index contributed by atoms with van der Waals surface area (Å²) in [5.74, 6) is 0.194. The predicted molar refractivity (Wildman–Crippen MR) is 72.6 cm³/mol. The number of hydrogen-bond donors (Lipinski definition) is 3. The van der Waals surface area contributed by atoms with Crippen LogP contribution >= 0.6 is 11.8 Å². The van der Waals surface area contributed by atoms with Crippen LogP contribution < -0.4 is 5.32 Å². The minimum Gasteiger partial charge on any atom is -0.480 e. The number of carbonyl (C=O) groups is 1. The summed E-state index contributed by atoms with van der Waals surface area (Å²) in [7, 11) is 0. The van der Waals surface area contributed by atoms with Crippen molar-refractivity contribution >= 4 is 17.7 Å². The summed E-state index contributed by atoms with van der Waals surface area (Å²) < 4.78 is 0. The van der Waals surface area contributed by atoms with E-state index in [1.54, 1.807) is 18.7 Å². The fourth-order valence-corrected chi connectivity index (χ4v) is 2.46. The maximum Gasteiger partial charge on any atom is 0.323 e. The molecule has 0 aliphatic carbocycles. The highest BCUT2D eigenvalue weighted by atomic mass is 32.2. The van der Waals surface area contributed by atoms with Crippen LogP contribution in [0.2, 0.25) is 0 Å². The van der Waals surface area contributed by atoms with Gasteiger partial charge in [-0.3, -0.25) is 4.79 Å². The van der Waals surface area contributed by atoms with Gasteiger partial charge in [-0.05, 0) is 32.1 Å². The fraction of sp³-hybridized carbons (Fsp3) is 0.917. The fourth-order valence-electron chi connectivity index (χ4n) is 1.58. The van der Waals surface area contributed by atoms with Crippen LogP contribution in [-0.2, 0) is 4.79 Å². The highest BCUT2D eigenvalue weighted by Gasteiger charge is 2.30. The van der Waals surface area contributed by atoms with E-state index in [2.05, 4.69) is 5.32 Å². The number of nitrogens with one attached hydrogen (secondary N) is 1. The van der Waals surface area contributed by atoms with Gasteiger partial charge in [0.1, 0.15) is 5.54 Å². The highest BCUT2D eigenvalue weighted by Crippen LogP contribution is 2.17. The van der Waals surface area contributed by atoms with Gasteiger partial charge in [-0.2, -0.15) is 11.8 Å². The van der Waals surface area contributed by atoms with Gasteiger partial charge in [-0.15, -0.1) is 0 Å². The van der Waals surface area contributed by atoms with Crippen molar-refractivity contribution in [2.24, 2.45) is 0 Å². The van der Waals surface area contributed by atoms with Crippen LogP contribution in [-0.4, -0.2) is 45.9 Å². The van der Waals surface area contributed by atoms with Crippen molar-refractivity contribution in [3.63, 3.8) is 0 Å². The van der Waals surface area contributed by atoms with Gasteiger partial charge < -0.3 is 15.5 Å². The molecule has 0 heterocycles. The monoisotopic (exact) mass is 263 g/mol. The topological polar surface area (TPSA) is 69.6 Å². The molecule has 0 spiro atoms. The Morgan fingerprint density at radius 1 is 1.47 bits per heavy atom. The highest BCUT2D eigenvalue weighted by molar-refractivity contribution is 7.99. The molecule has 0 radical (unpaired) electrons. The van der Waals surface area contributed by atoms with Gasteiger partial charge in [0.2, 0.25) is 0 Å². The van der Waals surface area contributed by atoms with Crippen molar-refractivity contribution in [1.82, 2.24) is 5.32 Å². The van der Waals surface area contributed by atoms with E-state index in [4.69, 9.17) is 10.2 Å². The first-order valence-electron chi connectivity index (χ1n) is 6.17. The lowest BCUT2D eigenvalue weighted by atomic mass is 9.95. The second-order valence-electron chi connectivity index (χ2n) is 4.49. The molecule has 0 bridgehead atoms. The normalized spacial score (nSPS) is 16.5. The summed E-state index contributed by atoms with van der Waals surface area (Å²) in [5.41, 5.74) is -0.804. The maximum atomic E-state index is 11.1. The average Bonchev–Trinajstić information content (AvgIpc) is 2.28. The average molecular weight is 263 g/mol. The Labute approximate surface area is 108 Å². The number of aliphatic hydroxyl groups excluding tert-OH is 1. The lowest BCUT2D eigenvalue weighted by molar-refractivity contribution is -0.144. The van der Waals surface area contributed by atoms with Gasteiger partial charge in [0.15, 0.2) is 0 Å². The molecule has 0 amide bonds. The zero-order valence-corrected chi connectivity index (χ0v) is 11.8. The molecular formula is C12H25NO3S. The molecule has 4 nitrogen and oxygen atoms in total. The standard InChI is InChI=1S/C12H25NO3S/c1-4-13-12(3,11(15)16)7-5-6-8-17-10(2)9-14/h10,13-14H,4-9H2,1-3H3,(H,15,16). The summed E-state index contributed by atoms with van der Waals surface area (Å²) in [5, 5.41) is 21.3. The van der Waals surface area contributed by atoms with E-state index in [1.165, 1.54) is 0 Å². The van der Waals surface area contributed by atoms with Crippen molar-refractivity contribution < 1.29 is 15.0 Å². The third-order valence-electron chi connectivity index (χ3n) is 2.77. The van der Waals surface area contributed by atoms with Crippen LogP contribution in [0.4, 0.5) is 0 Å². The predicted octanol–water partition coefficient (Wildman–Crippen LogP) is 1.72. The number of aliphatic hydroxyl groups is 1. The molecule has 0 aromatic carbocycles. The van der Waals surface area contributed by atoms with Gasteiger partial charge >= 0.3 is 5.97 Å². The van der Waals surface area contributed by atoms with E-state index >= 15 is 0 Å². The first-order chi connectivity index (χ1) is 7.96. The van der Waals surface area contributed by atoms with Gasteiger partial charge in [-0.25, -0.2) is 0 Å². The quantitative estimate of drug-likeness (QED) is 0.524. The van der Waals surface area contributed by atoms with Crippen molar-refractivity contribution in [2.45, 2.75) is 50.8 Å². The minimum atomic E-state index is -0.804. The first-order valence-corrected chi connectivity index (χ1v) is 7.22. The Hall–Kier alpha value is -0.260. The number of unbranched alkanes of at least 4 members (excludes halogenated alkanes) is 1. The number of thioether (sulfide) groups is 1. The summed E-state index contributed by atoms with van der Waals surface area (Å²) in [6, 6.07) is 0. The van der Waals surface area contributed by atoms with Crippen LogP contribution in [0.15, 0.2) is 0 Å². The summed E-state index contributed by atoms with van der Waals surface area (Å²) in [4.78, 5) is 11.1. The first kappa shape index (κ1) is 16.7. The van der Waals surface area contributed by atoms with Gasteiger partial charge in [0, 0.05) is 5.25 Å². The molecule has 0 rings (SSSR count). The van der Waals surface area contributed by atoms with Crippen LogP contribution in [0.5, 0.6) is 0 Å². The van der Waals surface area contributed by atoms with Crippen LogP contribution in [0.25, 0.3) is 0 Å². The van der Waals surface area contributed by atoms with Crippen molar-refractivity contribution in [1.29, 1.82) is 0 Å². The zero-order chi connectivity index (χ0) is 13.3. The number of carboxylic acid groups (broad SMARTS) is 1. The second-order valence-corrected chi connectivity index (χ2v) is 6.03.